The molecule has 0 aliphatic heterocycles. The first-order valence-corrected chi connectivity index (χ1v) is 21.6. The van der Waals surface area contributed by atoms with Crippen LogP contribution in [0.25, 0.3) is 17.1 Å². The quantitative estimate of drug-likeness (QED) is 0.0316. The van der Waals surface area contributed by atoms with Crippen molar-refractivity contribution in [2.45, 2.75) is 88.3 Å². The summed E-state index contributed by atoms with van der Waals surface area (Å²) in [4.78, 5) is 35.1. The Hall–Kier alpha value is -5.34. The average molecular weight is 1350 g/mol. The van der Waals surface area contributed by atoms with Gasteiger partial charge < -0.3 is 18.9 Å². The minimum atomic E-state index is -4.60. The number of tetrazole rings is 3. The number of benzene rings is 3. The van der Waals surface area contributed by atoms with Gasteiger partial charge >= 0.3 is 23.2 Å². The van der Waals surface area contributed by atoms with Crippen molar-refractivity contribution < 1.29 is 155 Å². The van der Waals surface area contributed by atoms with Crippen LogP contribution in [0, 0.1) is 18.2 Å². The Labute approximate surface area is 528 Å². The first-order valence-electron chi connectivity index (χ1n) is 22.9. The van der Waals surface area contributed by atoms with E-state index in [1.54, 1.807) is 70.2 Å². The molecule has 3 aromatic heterocycles. The smallest absolute Gasteiger partial charge is 0.416 e. The van der Waals surface area contributed by atoms with Gasteiger partial charge in [-0.15, -0.1) is 0 Å². The molecule has 0 atom stereocenters. The first kappa shape index (κ1) is 73.7. The Morgan fingerprint density at radius 3 is 1.34 bits per heavy atom. The van der Waals surface area contributed by atoms with Gasteiger partial charge in [-0.1, -0.05) is 90.5 Å². The van der Waals surface area contributed by atoms with Crippen molar-refractivity contribution in [3.8, 4) is 22.8 Å². The third kappa shape index (κ3) is 25.8. The normalized spacial score (nSPS) is 11.6. The molecule has 6 aromatic rings. The summed E-state index contributed by atoms with van der Waals surface area (Å²) in [5.74, 6) is 2.23. The van der Waals surface area contributed by atoms with E-state index in [9.17, 15) is 49.5 Å². The number of alkyl halides is 8. The molecule has 0 bridgehead atoms. The number of hydrogen-bond donors (Lipinski definition) is 3. The van der Waals surface area contributed by atoms with Crippen molar-refractivity contribution >= 4 is 0 Å². The van der Waals surface area contributed by atoms with Crippen molar-refractivity contribution in [3.63, 3.8) is 0 Å². The predicted octanol–water partition coefficient (Wildman–Crippen LogP) is 9.72. The number of nitrogens with one attached hydrogen (secondary N) is 3. The molecule has 6 rings (SSSR count). The molecule has 423 valence electrons. The van der Waals surface area contributed by atoms with Gasteiger partial charge in [0.05, 0.1) is 64.5 Å². The molecule has 19 nitrogen and oxygen atoms in total. The molecule has 0 spiro atoms. The second-order valence-electron chi connectivity index (χ2n) is 14.0. The largest absolute Gasteiger partial charge is 0.579 e. The van der Waals surface area contributed by atoms with Crippen LogP contribution in [0.3, 0.4) is 0 Å². The number of ether oxygens (including phenoxy) is 4. The number of halogens is 8. The van der Waals surface area contributed by atoms with E-state index in [-0.39, 0.29) is 147 Å². The van der Waals surface area contributed by atoms with E-state index < -0.39 is 55.9 Å². The molecule has 30 heteroatoms. The van der Waals surface area contributed by atoms with Gasteiger partial charge in [0.2, 0.25) is 6.90 Å². The maximum Gasteiger partial charge on any atom is 0.416 e. The number of hydrogen-bond acceptors (Lipinski definition) is 13. The molecule has 3 heterocycles. The Kier molecular flexibility index (Phi) is 39.7. The fraction of sp³-hybridized carbons (Fsp3) is 0.327. The minimum absolute atomic E-state index is 0. The zero-order valence-corrected chi connectivity index (χ0v) is 51.5. The van der Waals surface area contributed by atoms with Gasteiger partial charge in [0.1, 0.15) is 5.75 Å². The summed E-state index contributed by atoms with van der Waals surface area (Å²) in [6.45, 7) is 9.72. The van der Waals surface area contributed by atoms with Crippen LogP contribution in [0.5, 0.6) is 5.75 Å². The van der Waals surface area contributed by atoms with E-state index in [1.807, 2.05) is 31.9 Å². The summed E-state index contributed by atoms with van der Waals surface area (Å²) in [6, 6.07) is 13.1. The van der Waals surface area contributed by atoms with Crippen LogP contribution in [0.1, 0.15) is 92.9 Å². The second kappa shape index (κ2) is 42.5. The fourth-order valence-electron chi connectivity index (χ4n) is 5.88. The SMILES string of the molecule is C.CC=[C-]/C=C(\C)OCc1c(-n2nn[nH]c2=O)cccc1C(F)(F)F.CC=[C-]/C=C(\C)OCc1c(C(F)F)cccc1-n1nn[nH]c1=O.CC=[C-]/C=C(\C)OCc1c(OCC)cccc1-n1nn[nH]c1=O.[3H]C(F)F.[3H]CF.[Y].[Y].[Y]. The molecular formula is C49H57F8N12O7Y3-3. The monoisotopic (exact) mass is 1350 g/mol. The van der Waals surface area contributed by atoms with Crippen LogP contribution >= 0.6 is 0 Å². The first-order chi connectivity index (χ1) is 36.7. The minimum Gasteiger partial charge on any atom is -0.579 e. The van der Waals surface area contributed by atoms with Gasteiger partial charge in [0, 0.05) is 115 Å². The van der Waals surface area contributed by atoms with E-state index in [0.717, 1.165) is 21.0 Å². The molecule has 3 radical (unpaired) electrons. The van der Waals surface area contributed by atoms with E-state index in [4.69, 9.17) is 21.7 Å². The van der Waals surface area contributed by atoms with Crippen molar-refractivity contribution in [3.05, 3.63) is 186 Å². The number of nitrogens with zero attached hydrogens (tertiary/aromatic N) is 9. The molecule has 79 heavy (non-hydrogen) atoms. The van der Waals surface area contributed by atoms with Crippen LogP contribution in [0.2, 0.25) is 0 Å². The number of allylic oxidation sites excluding steroid dienone is 12. The Bertz CT molecular complexity index is 3100. The van der Waals surface area contributed by atoms with Crippen LogP contribution in [-0.2, 0) is 138 Å². The third-order valence-corrected chi connectivity index (χ3v) is 9.08. The number of aromatic nitrogens is 12. The maximum absolute atomic E-state index is 13.3. The second-order valence-corrected chi connectivity index (χ2v) is 14.0. The summed E-state index contributed by atoms with van der Waals surface area (Å²) >= 11 is 0. The Balaban J connectivity index is -0.00000104. The van der Waals surface area contributed by atoms with Crippen molar-refractivity contribution in [1.82, 2.24) is 60.6 Å². The van der Waals surface area contributed by atoms with Gasteiger partial charge in [0.25, 0.3) is 6.43 Å². The van der Waals surface area contributed by atoms with E-state index in [0.29, 0.717) is 35.3 Å². The predicted molar refractivity (Wildman–Crippen MR) is 264 cm³/mol. The number of aromatic amines is 3. The molecule has 0 saturated carbocycles. The van der Waals surface area contributed by atoms with Gasteiger partial charge in [-0.25, -0.2) is 47.2 Å². The number of H-pyrrole nitrogens is 3. The van der Waals surface area contributed by atoms with E-state index in [1.165, 1.54) is 41.1 Å². The summed E-state index contributed by atoms with van der Waals surface area (Å²) < 4.78 is 132. The van der Waals surface area contributed by atoms with Crippen molar-refractivity contribution in [2.75, 3.05) is 20.7 Å². The van der Waals surface area contributed by atoms with Crippen LogP contribution in [0.15, 0.2) is 123 Å². The third-order valence-electron chi connectivity index (χ3n) is 9.08. The molecule has 0 aliphatic rings. The molecule has 0 fully saturated rings. The molecule has 0 unspecified atom stereocenters. The summed E-state index contributed by atoms with van der Waals surface area (Å²) in [6.07, 6.45) is 11.2. The topological polar surface area (TPSA) is 228 Å². The Morgan fingerprint density at radius 2 is 1.00 bits per heavy atom. The van der Waals surface area contributed by atoms with Crippen molar-refractivity contribution in [1.29, 1.82) is 0 Å². The molecule has 0 aliphatic carbocycles. The molecular weight excluding hydrogens is 1290 g/mol. The zero-order chi connectivity index (χ0) is 57.5. The zero-order valence-electron chi connectivity index (χ0n) is 45.0. The van der Waals surface area contributed by atoms with Crippen LogP contribution < -0.4 is 21.8 Å². The molecule has 3 N–H and O–H groups in total. The summed E-state index contributed by atoms with van der Waals surface area (Å²) in [5.41, 5.74) is -1.52. The van der Waals surface area contributed by atoms with E-state index >= 15 is 0 Å². The van der Waals surface area contributed by atoms with Gasteiger partial charge in [-0.05, 0) is 68.5 Å². The molecule has 0 amide bonds. The van der Waals surface area contributed by atoms with Gasteiger partial charge in [0.15, 0.2) is 0 Å². The van der Waals surface area contributed by atoms with Crippen LogP contribution in [-0.4, -0.2) is 81.3 Å². The molecule has 0 saturated heterocycles. The van der Waals surface area contributed by atoms with E-state index in [2.05, 4.69) is 59.7 Å². The van der Waals surface area contributed by atoms with Gasteiger partial charge in [-0.2, -0.15) is 63.7 Å². The van der Waals surface area contributed by atoms with Crippen LogP contribution in [0.4, 0.5) is 35.1 Å². The summed E-state index contributed by atoms with van der Waals surface area (Å²) in [7, 11) is -1.00. The number of rotatable bonds is 18. The standard InChI is InChI=1S/C16H19N4O3.C15H14F3N4O2.C15H15F2N4O2.CH2F2.CH3F.CH4.3Y/c1-4-6-8-12(3)23-11-13-14(20-16(21)17-18-19-20)9-7-10-15(13)22-5-2;1-3-4-6-10(2)24-9-11-12(15(16,17)18)7-5-8-13(11)22-14(23)19-20-21-22;1-3-4-6-10(2)23-9-12-11(14(16)17)7-5-8-13(12)21-15(22)18-19-20-21;2-1-3;1-2;;;;/h4,7-10H,5,11H2,1-3H3,(H,17,19,21);3,5-8H,9H2,1-2H3,(H,19,21,23);3,5-8,14H,9H2,1-2H3,(H,18,20,22);1H2;1H3;1H4;;;/q3*-1;;;;;;/b12-8+;2*10-6+;;;;;;/i;;;2*1T;;;;. The van der Waals surface area contributed by atoms with Gasteiger partial charge in [-0.3, -0.25) is 22.6 Å². The summed E-state index contributed by atoms with van der Waals surface area (Å²) in [5, 5.41) is 27.5. The Morgan fingerprint density at radius 1 is 0.658 bits per heavy atom. The fourth-order valence-corrected chi connectivity index (χ4v) is 5.88. The molecule has 3 aromatic carbocycles. The maximum atomic E-state index is 13.3. The average Bonchev–Trinajstić information content (AvgIpc) is 4.15. The van der Waals surface area contributed by atoms with Crippen molar-refractivity contribution in [2.24, 2.45) is 0 Å².